The van der Waals surface area contributed by atoms with Crippen molar-refractivity contribution in [3.63, 3.8) is 0 Å². The van der Waals surface area contributed by atoms with Gasteiger partial charge in [-0.3, -0.25) is 9.59 Å². The topological polar surface area (TPSA) is 79.5 Å². The van der Waals surface area contributed by atoms with Gasteiger partial charge in [0, 0.05) is 12.6 Å². The van der Waals surface area contributed by atoms with Crippen LogP contribution in [-0.2, 0) is 14.3 Å². The number of carbonyl (C=O) groups is 2. The normalized spacial score (nSPS) is 19.4. The molecule has 0 spiro atoms. The van der Waals surface area contributed by atoms with E-state index in [0.717, 1.165) is 0 Å². The van der Waals surface area contributed by atoms with E-state index < -0.39 is 0 Å². The highest BCUT2D eigenvalue weighted by Crippen LogP contribution is 1.92. The Hall–Kier alpha value is -0.850. The zero-order chi connectivity index (χ0) is 12.0. The number of rotatable bonds is 4. The molecule has 0 radical (unpaired) electrons. The molecular weight excluding hydrogens is 246 g/mol. The summed E-state index contributed by atoms with van der Waals surface area (Å²) in [6.45, 7) is 5.40. The lowest BCUT2D eigenvalue weighted by molar-refractivity contribution is -0.129. The average molecular weight is 266 g/mol. The van der Waals surface area contributed by atoms with Crippen molar-refractivity contribution in [1.82, 2.24) is 16.0 Å². The Labute approximate surface area is 107 Å². The van der Waals surface area contributed by atoms with E-state index in [1.807, 2.05) is 13.8 Å². The van der Waals surface area contributed by atoms with Crippen LogP contribution in [0, 0.1) is 0 Å². The number of ether oxygens (including phenoxy) is 1. The summed E-state index contributed by atoms with van der Waals surface area (Å²) >= 11 is 0. The third kappa shape index (κ3) is 6.45. The summed E-state index contributed by atoms with van der Waals surface area (Å²) in [5.41, 5.74) is 0. The van der Waals surface area contributed by atoms with Crippen LogP contribution in [-0.4, -0.2) is 50.2 Å². The van der Waals surface area contributed by atoms with E-state index in [-0.39, 0.29) is 42.8 Å². The Morgan fingerprint density at radius 3 is 2.71 bits per heavy atom. The number of halogens is 1. The molecular formula is C10H20ClN3O3. The number of morpholine rings is 1. The summed E-state index contributed by atoms with van der Waals surface area (Å²) in [4.78, 5) is 22.8. The van der Waals surface area contributed by atoms with Crippen LogP contribution in [0.5, 0.6) is 0 Å². The Bertz CT molecular complexity index is 255. The summed E-state index contributed by atoms with van der Waals surface area (Å²) in [5, 5.41) is 8.27. The fourth-order valence-electron chi connectivity index (χ4n) is 1.40. The van der Waals surface area contributed by atoms with Gasteiger partial charge in [-0.1, -0.05) is 0 Å². The molecule has 3 N–H and O–H groups in total. The highest BCUT2D eigenvalue weighted by atomic mass is 35.5. The molecule has 17 heavy (non-hydrogen) atoms. The van der Waals surface area contributed by atoms with Gasteiger partial charge >= 0.3 is 0 Å². The number of hydrogen-bond acceptors (Lipinski definition) is 4. The minimum atomic E-state index is -0.347. The van der Waals surface area contributed by atoms with Crippen LogP contribution in [0.1, 0.15) is 13.8 Å². The summed E-state index contributed by atoms with van der Waals surface area (Å²) < 4.78 is 5.15. The first-order valence-corrected chi connectivity index (χ1v) is 5.48. The quantitative estimate of drug-likeness (QED) is 0.612. The van der Waals surface area contributed by atoms with Crippen molar-refractivity contribution in [2.24, 2.45) is 0 Å². The van der Waals surface area contributed by atoms with E-state index in [2.05, 4.69) is 16.0 Å². The van der Waals surface area contributed by atoms with Gasteiger partial charge in [0.15, 0.2) is 0 Å². The lowest BCUT2D eigenvalue weighted by atomic mass is 10.2. The van der Waals surface area contributed by atoms with Crippen LogP contribution in [0.25, 0.3) is 0 Å². The minimum Gasteiger partial charge on any atom is -0.378 e. The Morgan fingerprint density at radius 2 is 2.18 bits per heavy atom. The molecule has 1 aliphatic rings. The van der Waals surface area contributed by atoms with Gasteiger partial charge < -0.3 is 20.7 Å². The molecule has 1 unspecified atom stereocenters. The Balaban J connectivity index is 0.00000256. The molecule has 6 nitrogen and oxygen atoms in total. The first-order chi connectivity index (χ1) is 7.59. The smallest absolute Gasteiger partial charge is 0.239 e. The molecule has 1 fully saturated rings. The fourth-order valence-corrected chi connectivity index (χ4v) is 1.40. The van der Waals surface area contributed by atoms with Crippen LogP contribution in [0.2, 0.25) is 0 Å². The molecule has 0 aromatic carbocycles. The monoisotopic (exact) mass is 265 g/mol. The van der Waals surface area contributed by atoms with Crippen molar-refractivity contribution < 1.29 is 14.3 Å². The van der Waals surface area contributed by atoms with E-state index in [4.69, 9.17) is 4.74 Å². The second kappa shape index (κ2) is 8.27. The third-order valence-corrected chi connectivity index (χ3v) is 2.11. The van der Waals surface area contributed by atoms with Crippen molar-refractivity contribution in [1.29, 1.82) is 0 Å². The van der Waals surface area contributed by atoms with Crippen molar-refractivity contribution in [3.05, 3.63) is 0 Å². The zero-order valence-electron chi connectivity index (χ0n) is 10.1. The van der Waals surface area contributed by atoms with Crippen molar-refractivity contribution in [2.45, 2.75) is 25.9 Å². The maximum Gasteiger partial charge on any atom is 0.239 e. The van der Waals surface area contributed by atoms with Crippen LogP contribution in [0.15, 0.2) is 0 Å². The maximum atomic E-state index is 11.6. The van der Waals surface area contributed by atoms with E-state index in [1.54, 1.807) is 0 Å². The molecule has 100 valence electrons. The van der Waals surface area contributed by atoms with Gasteiger partial charge in [-0.05, 0) is 13.8 Å². The summed E-state index contributed by atoms with van der Waals surface area (Å²) in [5.74, 6) is -0.376. The van der Waals surface area contributed by atoms with Crippen LogP contribution in [0.4, 0.5) is 0 Å². The van der Waals surface area contributed by atoms with Gasteiger partial charge in [0.2, 0.25) is 11.8 Å². The standard InChI is InChI=1S/C10H19N3O3.ClH/c1-7(2)13-9(14)5-12-10(15)8-6-16-4-3-11-8;/h7-8,11H,3-6H2,1-2H3,(H,12,15)(H,13,14);1H. The SMILES string of the molecule is CC(C)NC(=O)CNC(=O)C1COCCN1.Cl. The van der Waals surface area contributed by atoms with Gasteiger partial charge in [-0.25, -0.2) is 0 Å². The highest BCUT2D eigenvalue weighted by molar-refractivity contribution is 5.87. The number of hydrogen-bond donors (Lipinski definition) is 3. The maximum absolute atomic E-state index is 11.6. The van der Waals surface area contributed by atoms with E-state index >= 15 is 0 Å². The minimum absolute atomic E-state index is 0. The lowest BCUT2D eigenvalue weighted by Gasteiger charge is -2.22. The van der Waals surface area contributed by atoms with E-state index in [0.29, 0.717) is 19.8 Å². The number of nitrogens with one attached hydrogen (secondary N) is 3. The van der Waals surface area contributed by atoms with Crippen molar-refractivity contribution in [2.75, 3.05) is 26.3 Å². The molecule has 1 saturated heterocycles. The van der Waals surface area contributed by atoms with Gasteiger partial charge in [0.05, 0.1) is 19.8 Å². The number of carbonyl (C=O) groups excluding carboxylic acids is 2. The van der Waals surface area contributed by atoms with Gasteiger partial charge in [-0.2, -0.15) is 0 Å². The van der Waals surface area contributed by atoms with Gasteiger partial charge in [0.1, 0.15) is 6.04 Å². The zero-order valence-corrected chi connectivity index (χ0v) is 10.9. The van der Waals surface area contributed by atoms with Crippen molar-refractivity contribution >= 4 is 24.2 Å². The molecule has 0 aromatic rings. The highest BCUT2D eigenvalue weighted by Gasteiger charge is 2.21. The molecule has 7 heteroatoms. The first-order valence-electron chi connectivity index (χ1n) is 5.48. The van der Waals surface area contributed by atoms with Gasteiger partial charge in [-0.15, -0.1) is 12.4 Å². The molecule has 1 aliphatic heterocycles. The van der Waals surface area contributed by atoms with Gasteiger partial charge in [0.25, 0.3) is 0 Å². The first kappa shape index (κ1) is 16.1. The van der Waals surface area contributed by atoms with Crippen LogP contribution < -0.4 is 16.0 Å². The molecule has 1 rings (SSSR count). The van der Waals surface area contributed by atoms with Crippen molar-refractivity contribution in [3.8, 4) is 0 Å². The molecule has 1 heterocycles. The number of amides is 2. The molecule has 0 aliphatic carbocycles. The summed E-state index contributed by atoms with van der Waals surface area (Å²) in [6.07, 6.45) is 0. The second-order valence-electron chi connectivity index (χ2n) is 4.02. The predicted octanol–water partition coefficient (Wildman–Crippen LogP) is -0.963. The lowest BCUT2D eigenvalue weighted by Crippen LogP contribution is -2.52. The molecule has 0 aromatic heterocycles. The van der Waals surface area contributed by atoms with E-state index in [9.17, 15) is 9.59 Å². The summed E-state index contributed by atoms with van der Waals surface area (Å²) in [7, 11) is 0. The third-order valence-electron chi connectivity index (χ3n) is 2.11. The molecule has 0 bridgehead atoms. The average Bonchev–Trinajstić information content (AvgIpc) is 2.26. The molecule has 1 atom stereocenters. The molecule has 2 amide bonds. The Morgan fingerprint density at radius 1 is 1.47 bits per heavy atom. The summed E-state index contributed by atoms with van der Waals surface area (Å²) in [6, 6.07) is -0.263. The van der Waals surface area contributed by atoms with Crippen LogP contribution >= 0.6 is 12.4 Å². The second-order valence-corrected chi connectivity index (χ2v) is 4.02. The largest absolute Gasteiger partial charge is 0.378 e. The fraction of sp³-hybridized carbons (Fsp3) is 0.800. The molecule has 0 saturated carbocycles. The predicted molar refractivity (Wildman–Crippen MR) is 66.1 cm³/mol. The van der Waals surface area contributed by atoms with E-state index in [1.165, 1.54) is 0 Å². The van der Waals surface area contributed by atoms with Crippen LogP contribution in [0.3, 0.4) is 0 Å². The Kier molecular flexibility index (Phi) is 7.86.